The van der Waals surface area contributed by atoms with Crippen LogP contribution in [0.15, 0.2) is 49.1 Å². The highest BCUT2D eigenvalue weighted by atomic mass is 31.2. The lowest BCUT2D eigenvalue weighted by atomic mass is 10.2. The van der Waals surface area contributed by atoms with Gasteiger partial charge in [0.1, 0.15) is 0 Å². The summed E-state index contributed by atoms with van der Waals surface area (Å²) in [5, 5.41) is 0. The highest BCUT2D eigenvalue weighted by molar-refractivity contribution is 7.57. The van der Waals surface area contributed by atoms with Gasteiger partial charge in [-0.3, -0.25) is 9.13 Å². The Morgan fingerprint density at radius 2 is 0.909 bits per heavy atom. The quantitative estimate of drug-likeness (QED) is 0.0741. The molecule has 0 aromatic rings. The van der Waals surface area contributed by atoms with Gasteiger partial charge in [-0.25, -0.2) is 0 Å². The Kier molecular flexibility index (Phi) is 21.3. The summed E-state index contributed by atoms with van der Waals surface area (Å²) in [7, 11) is -6.52. The minimum atomic E-state index is -3.26. The third kappa shape index (κ3) is 19.3. The van der Waals surface area contributed by atoms with E-state index >= 15 is 0 Å². The van der Waals surface area contributed by atoms with Crippen molar-refractivity contribution in [1.29, 1.82) is 0 Å². The molecule has 0 aliphatic rings. The van der Waals surface area contributed by atoms with Gasteiger partial charge in [0.15, 0.2) is 0 Å². The van der Waals surface area contributed by atoms with Gasteiger partial charge in [-0.1, -0.05) is 77.0 Å². The van der Waals surface area contributed by atoms with Crippen LogP contribution in [0.1, 0.15) is 84.5 Å². The summed E-state index contributed by atoms with van der Waals surface area (Å²) < 4.78 is 46.7. The van der Waals surface area contributed by atoms with Crippen molar-refractivity contribution in [3.63, 3.8) is 0 Å². The fourth-order valence-corrected chi connectivity index (χ4v) is 4.72. The molecular formula is C25H46O6P2. The topological polar surface area (TPSA) is 71.1 Å². The summed E-state index contributed by atoms with van der Waals surface area (Å²) in [6, 6.07) is 0. The van der Waals surface area contributed by atoms with E-state index in [-0.39, 0.29) is 0 Å². The predicted octanol–water partition coefficient (Wildman–Crippen LogP) is 9.17. The normalized spacial score (nSPS) is 15.6. The minimum Gasteiger partial charge on any atom is -0.306 e. The lowest BCUT2D eigenvalue weighted by Crippen LogP contribution is -1.99. The molecule has 0 aliphatic carbocycles. The molecule has 0 amide bonds. The van der Waals surface area contributed by atoms with Crippen molar-refractivity contribution in [3.05, 3.63) is 49.1 Å². The minimum absolute atomic E-state index is 0.301. The van der Waals surface area contributed by atoms with Crippen LogP contribution in [-0.2, 0) is 27.2 Å². The fourth-order valence-electron chi connectivity index (χ4n) is 2.66. The molecule has 0 saturated carbocycles. The van der Waals surface area contributed by atoms with E-state index in [1.54, 1.807) is 0 Å². The van der Waals surface area contributed by atoms with Crippen LogP contribution in [0.3, 0.4) is 0 Å². The van der Waals surface area contributed by atoms with Gasteiger partial charge in [0.2, 0.25) is 0 Å². The van der Waals surface area contributed by atoms with Crippen LogP contribution in [0.4, 0.5) is 0 Å². The Bertz CT molecular complexity index is 591. The van der Waals surface area contributed by atoms with Crippen LogP contribution in [-0.4, -0.2) is 26.4 Å². The smallest absolute Gasteiger partial charge is 0.306 e. The van der Waals surface area contributed by atoms with Crippen molar-refractivity contribution in [2.24, 2.45) is 0 Å². The zero-order valence-corrected chi connectivity index (χ0v) is 22.6. The van der Waals surface area contributed by atoms with Gasteiger partial charge in [0.05, 0.1) is 26.4 Å². The fraction of sp³-hybridized carbons (Fsp3) is 0.680. The van der Waals surface area contributed by atoms with Gasteiger partial charge in [-0.05, 0) is 44.9 Å². The second-order valence-corrected chi connectivity index (χ2v) is 11.6. The van der Waals surface area contributed by atoms with Crippen LogP contribution in [0.5, 0.6) is 0 Å². The Morgan fingerprint density at radius 1 is 0.545 bits per heavy atom. The van der Waals surface area contributed by atoms with Gasteiger partial charge >= 0.3 is 15.2 Å². The Labute approximate surface area is 202 Å². The number of hydrogen-bond donors (Lipinski definition) is 0. The first kappa shape index (κ1) is 32.3. The SMILES string of the molecule is C=CP(=O)(OCC/C=C\CCCC)OCCCCCOP(=O)(C=C)OCC/C=C\CCCC. The molecule has 8 heteroatoms. The zero-order valence-electron chi connectivity index (χ0n) is 20.8. The van der Waals surface area contributed by atoms with E-state index in [0.29, 0.717) is 52.1 Å². The van der Waals surface area contributed by atoms with Crippen LogP contribution in [0.25, 0.3) is 0 Å². The molecule has 0 rings (SSSR count). The molecule has 0 fully saturated rings. The molecule has 0 radical (unpaired) electrons. The number of rotatable bonds is 24. The maximum atomic E-state index is 12.5. The Morgan fingerprint density at radius 3 is 1.27 bits per heavy atom. The second-order valence-electron chi connectivity index (χ2n) is 7.64. The molecular weight excluding hydrogens is 458 g/mol. The van der Waals surface area contributed by atoms with Crippen LogP contribution in [0.2, 0.25) is 0 Å². The molecule has 2 atom stereocenters. The van der Waals surface area contributed by atoms with E-state index in [9.17, 15) is 9.13 Å². The summed E-state index contributed by atoms with van der Waals surface area (Å²) in [4.78, 5) is 0. The highest BCUT2D eigenvalue weighted by Crippen LogP contribution is 2.50. The third-order valence-corrected chi connectivity index (χ3v) is 7.74. The molecule has 0 saturated heterocycles. The average Bonchev–Trinajstić information content (AvgIpc) is 2.82. The van der Waals surface area contributed by atoms with Gasteiger partial charge in [-0.15, -0.1) is 0 Å². The Hall–Kier alpha value is -0.740. The molecule has 0 spiro atoms. The van der Waals surface area contributed by atoms with Crippen molar-refractivity contribution < 1.29 is 27.2 Å². The van der Waals surface area contributed by atoms with Crippen LogP contribution in [0, 0.1) is 0 Å². The molecule has 0 aromatic carbocycles. The third-order valence-electron chi connectivity index (χ3n) is 4.67. The lowest BCUT2D eigenvalue weighted by molar-refractivity contribution is 0.201. The summed E-state index contributed by atoms with van der Waals surface area (Å²) in [5.41, 5.74) is 0. The second kappa shape index (κ2) is 21.8. The molecule has 0 heterocycles. The number of hydrogen-bond acceptors (Lipinski definition) is 6. The number of unbranched alkanes of at least 4 members (excludes halogenated alkanes) is 6. The van der Waals surface area contributed by atoms with E-state index in [0.717, 1.165) is 19.3 Å². The first-order valence-corrected chi connectivity index (χ1v) is 15.5. The summed E-state index contributed by atoms with van der Waals surface area (Å²) in [5.74, 6) is 2.52. The van der Waals surface area contributed by atoms with Crippen molar-refractivity contribution in [3.8, 4) is 0 Å². The van der Waals surface area contributed by atoms with Crippen LogP contribution < -0.4 is 0 Å². The van der Waals surface area contributed by atoms with E-state index in [2.05, 4.69) is 39.2 Å². The van der Waals surface area contributed by atoms with Gasteiger partial charge in [-0.2, -0.15) is 0 Å². The largest absolute Gasteiger partial charge is 0.353 e. The van der Waals surface area contributed by atoms with E-state index in [4.69, 9.17) is 18.1 Å². The van der Waals surface area contributed by atoms with Gasteiger partial charge in [0, 0.05) is 11.6 Å². The van der Waals surface area contributed by atoms with E-state index < -0.39 is 15.2 Å². The first-order valence-electron chi connectivity index (χ1n) is 12.3. The zero-order chi connectivity index (χ0) is 24.7. The van der Waals surface area contributed by atoms with Crippen LogP contribution >= 0.6 is 15.2 Å². The van der Waals surface area contributed by atoms with Crippen molar-refractivity contribution in [1.82, 2.24) is 0 Å². The van der Waals surface area contributed by atoms with E-state index in [1.807, 2.05) is 12.2 Å². The van der Waals surface area contributed by atoms with Gasteiger partial charge in [0.25, 0.3) is 0 Å². The summed E-state index contributed by atoms with van der Waals surface area (Å²) >= 11 is 0. The highest BCUT2D eigenvalue weighted by Gasteiger charge is 2.20. The molecule has 0 aromatic heterocycles. The lowest BCUT2D eigenvalue weighted by Gasteiger charge is -2.15. The molecule has 33 heavy (non-hydrogen) atoms. The number of allylic oxidation sites excluding steroid dienone is 2. The first-order chi connectivity index (χ1) is 15.9. The standard InChI is InChI=1S/C25H46O6P2/c1-5-9-11-13-15-18-22-28-32(26,7-3)30-24-20-17-21-25-31-33(27,8-4)29-23-19-16-14-12-10-6-2/h7-8,13-16H,3-6,9-12,17-25H2,1-2H3/b15-13-,16-14-. The molecule has 0 N–H and O–H groups in total. The van der Waals surface area contributed by atoms with Crippen molar-refractivity contribution in [2.75, 3.05) is 26.4 Å². The van der Waals surface area contributed by atoms with Crippen molar-refractivity contribution >= 4 is 15.2 Å². The van der Waals surface area contributed by atoms with Crippen molar-refractivity contribution in [2.45, 2.75) is 84.5 Å². The molecule has 192 valence electrons. The molecule has 2 unspecified atom stereocenters. The molecule has 6 nitrogen and oxygen atoms in total. The predicted molar refractivity (Wildman–Crippen MR) is 140 cm³/mol. The van der Waals surface area contributed by atoms with Gasteiger partial charge < -0.3 is 18.1 Å². The van der Waals surface area contributed by atoms with E-state index in [1.165, 1.54) is 37.3 Å². The summed E-state index contributed by atoms with van der Waals surface area (Å²) in [6.07, 6.45) is 18.7. The maximum absolute atomic E-state index is 12.5. The summed E-state index contributed by atoms with van der Waals surface area (Å²) in [6.45, 7) is 12.7. The maximum Gasteiger partial charge on any atom is 0.353 e. The average molecular weight is 505 g/mol. The molecule has 0 aliphatic heterocycles. The monoisotopic (exact) mass is 504 g/mol. The Balaban J connectivity index is 3.93. The molecule has 0 bridgehead atoms.